The van der Waals surface area contributed by atoms with Crippen molar-refractivity contribution in [3.8, 4) is 0 Å². The Morgan fingerprint density at radius 3 is 2.57 bits per heavy atom. The molecule has 0 radical (unpaired) electrons. The summed E-state index contributed by atoms with van der Waals surface area (Å²) in [5.74, 6) is -2.83. The Hall–Kier alpha value is -1.94. The zero-order valence-corrected chi connectivity index (χ0v) is 11.8. The van der Waals surface area contributed by atoms with Crippen molar-refractivity contribution in [1.29, 1.82) is 0 Å². The molecule has 2 aromatic carbocycles. The number of halogens is 3. The van der Waals surface area contributed by atoms with Crippen LogP contribution >= 0.6 is 11.6 Å². The van der Waals surface area contributed by atoms with Gasteiger partial charge in [-0.25, -0.2) is 8.78 Å². The van der Waals surface area contributed by atoms with Crippen molar-refractivity contribution in [1.82, 2.24) is 0 Å². The molecule has 0 saturated heterocycles. The molecule has 1 N–H and O–H groups in total. The molecule has 21 heavy (non-hydrogen) atoms. The number of benzene rings is 2. The second kappa shape index (κ2) is 6.68. The van der Waals surface area contributed by atoms with Crippen LogP contribution in [0.2, 0.25) is 5.02 Å². The van der Waals surface area contributed by atoms with E-state index < -0.39 is 23.5 Å². The third-order valence-electron chi connectivity index (χ3n) is 3.19. The van der Waals surface area contributed by atoms with E-state index in [1.54, 1.807) is 6.07 Å². The minimum atomic E-state index is -1.06. The Morgan fingerprint density at radius 2 is 1.90 bits per heavy atom. The highest BCUT2D eigenvalue weighted by Crippen LogP contribution is 2.21. The van der Waals surface area contributed by atoms with Gasteiger partial charge >= 0.3 is 5.97 Å². The van der Waals surface area contributed by atoms with E-state index >= 15 is 0 Å². The highest BCUT2D eigenvalue weighted by atomic mass is 35.5. The third kappa shape index (κ3) is 4.26. The van der Waals surface area contributed by atoms with Crippen LogP contribution in [-0.4, -0.2) is 11.1 Å². The fourth-order valence-corrected chi connectivity index (χ4v) is 2.36. The molecule has 1 atom stereocenters. The lowest BCUT2D eigenvalue weighted by molar-refractivity contribution is -0.141. The average Bonchev–Trinajstić information content (AvgIpc) is 2.42. The monoisotopic (exact) mass is 310 g/mol. The van der Waals surface area contributed by atoms with Crippen LogP contribution in [0.4, 0.5) is 8.78 Å². The van der Waals surface area contributed by atoms with E-state index in [0.29, 0.717) is 10.6 Å². The normalized spacial score (nSPS) is 12.1. The summed E-state index contributed by atoms with van der Waals surface area (Å²) in [4.78, 5) is 11.3. The van der Waals surface area contributed by atoms with E-state index in [-0.39, 0.29) is 18.4 Å². The second-order valence-electron chi connectivity index (χ2n) is 4.81. The number of hydrogen-bond donors (Lipinski definition) is 1. The van der Waals surface area contributed by atoms with Crippen LogP contribution in [0, 0.1) is 17.6 Å². The Labute approximate surface area is 126 Å². The fourth-order valence-electron chi connectivity index (χ4n) is 2.16. The smallest absolute Gasteiger partial charge is 0.307 e. The first-order chi connectivity index (χ1) is 9.95. The Bertz CT molecular complexity index is 658. The van der Waals surface area contributed by atoms with Gasteiger partial charge in [0.05, 0.1) is 5.92 Å². The number of carbonyl (C=O) groups is 1. The molecule has 0 fully saturated rings. The molecule has 2 rings (SSSR count). The average molecular weight is 311 g/mol. The molecule has 5 heteroatoms. The minimum absolute atomic E-state index is 0.00175. The van der Waals surface area contributed by atoms with Crippen molar-refractivity contribution in [2.45, 2.75) is 12.8 Å². The summed E-state index contributed by atoms with van der Waals surface area (Å²) >= 11 is 5.80. The van der Waals surface area contributed by atoms with E-state index in [1.165, 1.54) is 36.4 Å². The van der Waals surface area contributed by atoms with Gasteiger partial charge in [-0.3, -0.25) is 4.79 Å². The van der Waals surface area contributed by atoms with Crippen molar-refractivity contribution in [2.75, 3.05) is 0 Å². The van der Waals surface area contributed by atoms with Crippen molar-refractivity contribution >= 4 is 17.6 Å². The Morgan fingerprint density at radius 1 is 1.14 bits per heavy atom. The molecule has 0 saturated carbocycles. The highest BCUT2D eigenvalue weighted by Gasteiger charge is 2.20. The molecule has 0 spiro atoms. The summed E-state index contributed by atoms with van der Waals surface area (Å²) in [7, 11) is 0. The van der Waals surface area contributed by atoms with Crippen LogP contribution in [0.3, 0.4) is 0 Å². The summed E-state index contributed by atoms with van der Waals surface area (Å²) in [5.41, 5.74) is 0.802. The molecule has 2 aromatic rings. The molecule has 0 bridgehead atoms. The molecule has 0 amide bonds. The van der Waals surface area contributed by atoms with Gasteiger partial charge in [-0.1, -0.05) is 23.7 Å². The van der Waals surface area contributed by atoms with Crippen molar-refractivity contribution in [3.63, 3.8) is 0 Å². The Kier molecular flexibility index (Phi) is 4.91. The van der Waals surface area contributed by atoms with Gasteiger partial charge in [0.25, 0.3) is 0 Å². The van der Waals surface area contributed by atoms with Gasteiger partial charge < -0.3 is 5.11 Å². The van der Waals surface area contributed by atoms with Gasteiger partial charge in [-0.2, -0.15) is 0 Å². The summed E-state index contributed by atoms with van der Waals surface area (Å²) in [6.45, 7) is 0. The van der Waals surface area contributed by atoms with E-state index in [2.05, 4.69) is 0 Å². The molecule has 0 aliphatic carbocycles. The zero-order chi connectivity index (χ0) is 15.4. The summed E-state index contributed by atoms with van der Waals surface area (Å²) in [6.07, 6.45) is 0.122. The minimum Gasteiger partial charge on any atom is -0.481 e. The largest absolute Gasteiger partial charge is 0.481 e. The molecular weight excluding hydrogens is 298 g/mol. The van der Waals surface area contributed by atoms with Gasteiger partial charge in [-0.05, 0) is 54.3 Å². The maximum Gasteiger partial charge on any atom is 0.307 e. The summed E-state index contributed by atoms with van der Waals surface area (Å²) in [6, 6.07) is 9.76. The lowest BCUT2D eigenvalue weighted by Gasteiger charge is -2.13. The maximum atomic E-state index is 13.7. The summed E-state index contributed by atoms with van der Waals surface area (Å²) < 4.78 is 26.8. The van der Waals surface area contributed by atoms with Crippen LogP contribution in [0.15, 0.2) is 42.5 Å². The zero-order valence-electron chi connectivity index (χ0n) is 11.0. The molecular formula is C16H13ClF2O2. The third-order valence-corrected chi connectivity index (χ3v) is 3.43. The lowest BCUT2D eigenvalue weighted by atomic mass is 9.92. The van der Waals surface area contributed by atoms with Crippen LogP contribution in [0.1, 0.15) is 11.1 Å². The Balaban J connectivity index is 2.20. The highest BCUT2D eigenvalue weighted by molar-refractivity contribution is 6.30. The standard InChI is InChI=1S/C16H13ClF2O2/c17-13-4-5-15(19)11(9-13)8-12(16(20)21)6-10-2-1-3-14(18)7-10/h1-5,7,9,12H,6,8H2,(H,20,21). The van der Waals surface area contributed by atoms with E-state index in [0.717, 1.165) is 0 Å². The van der Waals surface area contributed by atoms with Gasteiger partial charge in [-0.15, -0.1) is 0 Å². The number of rotatable bonds is 5. The van der Waals surface area contributed by atoms with Crippen LogP contribution < -0.4 is 0 Å². The van der Waals surface area contributed by atoms with Crippen molar-refractivity contribution < 1.29 is 18.7 Å². The van der Waals surface area contributed by atoms with Gasteiger partial charge in [0, 0.05) is 5.02 Å². The quantitative estimate of drug-likeness (QED) is 0.902. The molecule has 110 valence electrons. The van der Waals surface area contributed by atoms with Gasteiger partial charge in [0.15, 0.2) is 0 Å². The van der Waals surface area contributed by atoms with E-state index in [4.69, 9.17) is 11.6 Å². The van der Waals surface area contributed by atoms with Gasteiger partial charge in [0.1, 0.15) is 11.6 Å². The van der Waals surface area contributed by atoms with Crippen molar-refractivity contribution in [3.05, 3.63) is 70.2 Å². The van der Waals surface area contributed by atoms with Crippen LogP contribution in [0.5, 0.6) is 0 Å². The first-order valence-electron chi connectivity index (χ1n) is 6.37. The molecule has 0 aliphatic heterocycles. The van der Waals surface area contributed by atoms with Crippen LogP contribution in [0.25, 0.3) is 0 Å². The van der Waals surface area contributed by atoms with Crippen molar-refractivity contribution in [2.24, 2.45) is 5.92 Å². The van der Waals surface area contributed by atoms with E-state index in [9.17, 15) is 18.7 Å². The number of hydrogen-bond acceptors (Lipinski definition) is 1. The molecule has 0 aliphatic rings. The SMILES string of the molecule is O=C(O)C(Cc1cccc(F)c1)Cc1cc(Cl)ccc1F. The van der Waals surface area contributed by atoms with Crippen LogP contribution in [-0.2, 0) is 17.6 Å². The predicted octanol–water partition coefficient (Wildman–Crippen LogP) is 4.10. The topological polar surface area (TPSA) is 37.3 Å². The van der Waals surface area contributed by atoms with Gasteiger partial charge in [0.2, 0.25) is 0 Å². The first kappa shape index (κ1) is 15.4. The number of carboxylic acids is 1. The lowest BCUT2D eigenvalue weighted by Crippen LogP contribution is -2.19. The second-order valence-corrected chi connectivity index (χ2v) is 5.25. The first-order valence-corrected chi connectivity index (χ1v) is 6.74. The number of carboxylic acid groups (broad SMARTS) is 1. The van der Waals surface area contributed by atoms with E-state index in [1.807, 2.05) is 0 Å². The summed E-state index contributed by atoms with van der Waals surface area (Å²) in [5, 5.41) is 9.62. The molecule has 0 heterocycles. The molecule has 2 nitrogen and oxygen atoms in total. The fraction of sp³-hybridized carbons (Fsp3) is 0.188. The molecule has 1 unspecified atom stereocenters. The molecule has 0 aromatic heterocycles. The number of aliphatic carboxylic acids is 1. The maximum absolute atomic E-state index is 13.7. The predicted molar refractivity (Wildman–Crippen MR) is 76.3 cm³/mol.